The van der Waals surface area contributed by atoms with E-state index in [4.69, 9.17) is 9.47 Å². The highest BCUT2D eigenvalue weighted by Gasteiger charge is 2.47. The summed E-state index contributed by atoms with van der Waals surface area (Å²) in [4.78, 5) is 31.9. The van der Waals surface area contributed by atoms with Crippen molar-refractivity contribution in [3.63, 3.8) is 0 Å². The molecule has 1 fully saturated rings. The van der Waals surface area contributed by atoms with Gasteiger partial charge in [0.1, 0.15) is 19.0 Å². The lowest BCUT2D eigenvalue weighted by molar-refractivity contribution is -0.132. The highest BCUT2D eigenvalue weighted by Crippen LogP contribution is 2.43. The number of hydrogen-bond donors (Lipinski definition) is 1. The van der Waals surface area contributed by atoms with Crippen LogP contribution in [0.3, 0.4) is 0 Å². The summed E-state index contributed by atoms with van der Waals surface area (Å²) in [5.74, 6) is -0.659. The van der Waals surface area contributed by atoms with Gasteiger partial charge in [0.15, 0.2) is 11.5 Å². The third-order valence-electron chi connectivity index (χ3n) is 5.66. The van der Waals surface area contributed by atoms with Crippen molar-refractivity contribution >= 4 is 23.1 Å². The van der Waals surface area contributed by atoms with Crippen LogP contribution in [0.4, 0.5) is 5.69 Å². The fraction of sp³-hybridized carbons (Fsp3) is 0.160. The number of Topliss-reactive ketones (excluding diaryl/α,β-unsaturated/α-hetero) is 1. The molecule has 3 aromatic rings. The second-order valence-electron chi connectivity index (χ2n) is 7.59. The lowest BCUT2D eigenvalue weighted by atomic mass is 9.95. The van der Waals surface area contributed by atoms with Gasteiger partial charge in [0, 0.05) is 23.6 Å². The van der Waals surface area contributed by atoms with Gasteiger partial charge in [0.2, 0.25) is 0 Å². The fourth-order valence-corrected chi connectivity index (χ4v) is 4.12. The maximum Gasteiger partial charge on any atom is 0.300 e. The van der Waals surface area contributed by atoms with E-state index in [9.17, 15) is 14.7 Å². The Morgan fingerprint density at radius 2 is 1.72 bits per heavy atom. The minimum Gasteiger partial charge on any atom is -0.507 e. The molecule has 0 saturated carbocycles. The number of aryl methyl sites for hydroxylation is 1. The van der Waals surface area contributed by atoms with Crippen molar-refractivity contribution in [3.05, 3.63) is 89.3 Å². The van der Waals surface area contributed by atoms with E-state index in [2.05, 4.69) is 4.98 Å². The lowest BCUT2D eigenvalue weighted by Crippen LogP contribution is -2.30. The molecule has 32 heavy (non-hydrogen) atoms. The molecule has 1 amide bonds. The van der Waals surface area contributed by atoms with Crippen LogP contribution in [-0.4, -0.2) is 35.0 Å². The molecule has 1 unspecified atom stereocenters. The number of para-hydroxylation sites is 1. The van der Waals surface area contributed by atoms with E-state index in [-0.39, 0.29) is 11.3 Å². The minimum atomic E-state index is -0.799. The normalized spacial score (nSPS) is 19.3. The Kier molecular flexibility index (Phi) is 4.86. The quantitative estimate of drug-likeness (QED) is 0.388. The van der Waals surface area contributed by atoms with E-state index >= 15 is 0 Å². The maximum atomic E-state index is 13.2. The van der Waals surface area contributed by atoms with Crippen LogP contribution in [0.5, 0.6) is 11.5 Å². The third kappa shape index (κ3) is 3.19. The number of ether oxygens (including phenoxy) is 2. The van der Waals surface area contributed by atoms with Crippen molar-refractivity contribution in [2.45, 2.75) is 13.0 Å². The second kappa shape index (κ2) is 7.85. The average Bonchev–Trinajstić information content (AvgIpc) is 3.09. The Morgan fingerprint density at radius 3 is 2.47 bits per heavy atom. The lowest BCUT2D eigenvalue weighted by Gasteiger charge is -2.26. The zero-order valence-corrected chi connectivity index (χ0v) is 17.3. The molecular formula is C25H20N2O5. The number of aliphatic hydroxyl groups is 1. The summed E-state index contributed by atoms with van der Waals surface area (Å²) in [5, 5.41) is 11.2. The molecule has 0 spiro atoms. The topological polar surface area (TPSA) is 89.0 Å². The number of carbonyl (C=O) groups is 2. The van der Waals surface area contributed by atoms with Gasteiger partial charge >= 0.3 is 0 Å². The highest BCUT2D eigenvalue weighted by atomic mass is 16.6. The molecule has 0 bridgehead atoms. The van der Waals surface area contributed by atoms with Crippen LogP contribution < -0.4 is 14.4 Å². The largest absolute Gasteiger partial charge is 0.507 e. The summed E-state index contributed by atoms with van der Waals surface area (Å²) in [5.41, 5.74) is 2.50. The van der Waals surface area contributed by atoms with E-state index in [0.29, 0.717) is 41.5 Å². The van der Waals surface area contributed by atoms with E-state index < -0.39 is 17.7 Å². The molecule has 160 valence electrons. The van der Waals surface area contributed by atoms with Gasteiger partial charge in [0.05, 0.1) is 11.6 Å². The molecule has 2 aromatic carbocycles. The molecule has 3 heterocycles. The molecule has 0 aliphatic carbocycles. The third-order valence-corrected chi connectivity index (χ3v) is 5.66. The number of anilines is 1. The van der Waals surface area contributed by atoms with E-state index in [1.54, 1.807) is 48.8 Å². The average molecular weight is 428 g/mol. The predicted molar refractivity (Wildman–Crippen MR) is 118 cm³/mol. The molecule has 7 nitrogen and oxygen atoms in total. The van der Waals surface area contributed by atoms with Crippen molar-refractivity contribution < 1.29 is 24.2 Å². The first-order valence-corrected chi connectivity index (χ1v) is 10.2. The van der Waals surface area contributed by atoms with Crippen LogP contribution in [0.1, 0.15) is 22.7 Å². The Bertz CT molecular complexity index is 1250. The van der Waals surface area contributed by atoms with Gasteiger partial charge in [-0.15, -0.1) is 0 Å². The number of carbonyl (C=O) groups excluding carboxylic acids is 2. The smallest absolute Gasteiger partial charge is 0.300 e. The van der Waals surface area contributed by atoms with Gasteiger partial charge in [-0.2, -0.15) is 0 Å². The van der Waals surface area contributed by atoms with Gasteiger partial charge in [-0.25, -0.2) is 0 Å². The monoisotopic (exact) mass is 428 g/mol. The SMILES string of the molecule is Cc1ccccc1N1C(=O)C(=O)/C(=C(\O)c2ccc3c(c2)OCCO3)C1c1ccncc1. The number of rotatable bonds is 3. The van der Waals surface area contributed by atoms with Gasteiger partial charge < -0.3 is 14.6 Å². The number of pyridine rings is 1. The van der Waals surface area contributed by atoms with E-state index in [1.807, 2.05) is 25.1 Å². The van der Waals surface area contributed by atoms with E-state index in [0.717, 1.165) is 5.56 Å². The Hall–Kier alpha value is -4.13. The van der Waals surface area contributed by atoms with Crippen LogP contribution in [0.15, 0.2) is 72.6 Å². The minimum absolute atomic E-state index is 0.0149. The number of hydrogen-bond acceptors (Lipinski definition) is 6. The van der Waals surface area contributed by atoms with Gasteiger partial charge in [-0.05, 0) is 54.4 Å². The Morgan fingerprint density at radius 1 is 1.00 bits per heavy atom. The summed E-state index contributed by atoms with van der Waals surface area (Å²) >= 11 is 0. The number of aliphatic hydroxyl groups excluding tert-OH is 1. The van der Waals surface area contributed by atoms with Crippen molar-refractivity contribution in [1.29, 1.82) is 0 Å². The van der Waals surface area contributed by atoms with Crippen molar-refractivity contribution in [2.75, 3.05) is 18.1 Å². The number of amides is 1. The molecule has 1 N–H and O–H groups in total. The standard InChI is InChI=1S/C25H20N2O5/c1-15-4-2-3-5-18(15)27-22(16-8-10-26-11-9-16)21(24(29)25(27)30)23(28)17-6-7-19-20(14-17)32-13-12-31-19/h2-11,14,22,28H,12-13H2,1H3/b23-21-. The summed E-state index contributed by atoms with van der Waals surface area (Å²) in [7, 11) is 0. The maximum absolute atomic E-state index is 13.2. The first kappa shape index (κ1) is 19.8. The number of aromatic nitrogens is 1. The number of ketones is 1. The summed E-state index contributed by atoms with van der Waals surface area (Å²) in [6.45, 7) is 2.72. The Labute approximate surface area is 184 Å². The molecule has 1 aromatic heterocycles. The van der Waals surface area contributed by atoms with Gasteiger partial charge in [-0.1, -0.05) is 18.2 Å². The van der Waals surface area contributed by atoms with Crippen LogP contribution >= 0.6 is 0 Å². The van der Waals surface area contributed by atoms with Gasteiger partial charge in [0.25, 0.3) is 11.7 Å². The van der Waals surface area contributed by atoms with Crippen molar-refractivity contribution in [2.24, 2.45) is 0 Å². The van der Waals surface area contributed by atoms with Crippen LogP contribution in [-0.2, 0) is 9.59 Å². The first-order chi connectivity index (χ1) is 15.6. The second-order valence-corrected chi connectivity index (χ2v) is 7.59. The Balaban J connectivity index is 1.70. The first-order valence-electron chi connectivity index (χ1n) is 10.2. The summed E-state index contributed by atoms with van der Waals surface area (Å²) in [6, 6.07) is 15.0. The zero-order valence-electron chi connectivity index (χ0n) is 17.3. The molecule has 1 saturated heterocycles. The molecule has 5 rings (SSSR count). The van der Waals surface area contributed by atoms with Crippen molar-refractivity contribution in [3.8, 4) is 11.5 Å². The molecule has 7 heteroatoms. The van der Waals surface area contributed by atoms with E-state index in [1.165, 1.54) is 4.90 Å². The van der Waals surface area contributed by atoms with Crippen LogP contribution in [0, 0.1) is 6.92 Å². The molecule has 2 aliphatic rings. The molecule has 0 radical (unpaired) electrons. The molecular weight excluding hydrogens is 408 g/mol. The number of fused-ring (bicyclic) bond motifs is 1. The fourth-order valence-electron chi connectivity index (χ4n) is 4.12. The molecule has 1 atom stereocenters. The number of benzene rings is 2. The molecule has 2 aliphatic heterocycles. The zero-order chi connectivity index (χ0) is 22.2. The summed E-state index contributed by atoms with van der Waals surface area (Å²) in [6.07, 6.45) is 3.19. The van der Waals surface area contributed by atoms with Crippen molar-refractivity contribution in [1.82, 2.24) is 4.98 Å². The highest BCUT2D eigenvalue weighted by molar-refractivity contribution is 6.51. The van der Waals surface area contributed by atoms with Crippen LogP contribution in [0.2, 0.25) is 0 Å². The van der Waals surface area contributed by atoms with Gasteiger partial charge in [-0.3, -0.25) is 19.5 Å². The summed E-state index contributed by atoms with van der Waals surface area (Å²) < 4.78 is 11.2. The number of nitrogens with zero attached hydrogens (tertiary/aromatic N) is 2. The van der Waals surface area contributed by atoms with Crippen LogP contribution in [0.25, 0.3) is 5.76 Å². The predicted octanol–water partition coefficient (Wildman–Crippen LogP) is 3.79.